The highest BCUT2D eigenvalue weighted by Gasteiger charge is 2.30. The SMILES string of the molecule is O=C(NC1CCCNCC1F)OCC1c2ccccc2-c2ccccc21. The van der Waals surface area contributed by atoms with Crippen LogP contribution in [0.4, 0.5) is 9.18 Å². The lowest BCUT2D eigenvalue weighted by molar-refractivity contribution is 0.130. The lowest BCUT2D eigenvalue weighted by Gasteiger charge is -2.20. The first kappa shape index (κ1) is 17.0. The van der Waals surface area contributed by atoms with Crippen molar-refractivity contribution in [2.75, 3.05) is 19.7 Å². The summed E-state index contributed by atoms with van der Waals surface area (Å²) < 4.78 is 19.6. The smallest absolute Gasteiger partial charge is 0.407 e. The van der Waals surface area contributed by atoms with E-state index < -0.39 is 18.3 Å². The molecule has 4 rings (SSSR count). The molecule has 1 saturated heterocycles. The first-order valence-corrected chi connectivity index (χ1v) is 9.20. The summed E-state index contributed by atoms with van der Waals surface area (Å²) in [5.41, 5.74) is 4.72. The summed E-state index contributed by atoms with van der Waals surface area (Å²) in [7, 11) is 0. The molecule has 0 saturated carbocycles. The number of hydrogen-bond donors (Lipinski definition) is 2. The number of fused-ring (bicyclic) bond motifs is 3. The van der Waals surface area contributed by atoms with E-state index >= 15 is 0 Å². The van der Waals surface area contributed by atoms with Gasteiger partial charge in [0.05, 0.1) is 6.04 Å². The normalized spacial score (nSPS) is 22.2. The second-order valence-electron chi connectivity index (χ2n) is 6.94. The Morgan fingerprint density at radius 3 is 2.46 bits per heavy atom. The summed E-state index contributed by atoms with van der Waals surface area (Å²) >= 11 is 0. The first-order chi connectivity index (χ1) is 12.7. The molecular weight excluding hydrogens is 331 g/mol. The van der Waals surface area contributed by atoms with Crippen LogP contribution in [0.3, 0.4) is 0 Å². The summed E-state index contributed by atoms with van der Waals surface area (Å²) in [5.74, 6) is 0.0186. The molecule has 1 aliphatic carbocycles. The molecule has 1 heterocycles. The predicted molar refractivity (Wildman–Crippen MR) is 99.0 cm³/mol. The van der Waals surface area contributed by atoms with E-state index in [1.807, 2.05) is 24.3 Å². The number of alkyl halides is 1. The van der Waals surface area contributed by atoms with Gasteiger partial charge in [-0.2, -0.15) is 0 Å². The summed E-state index contributed by atoms with van der Waals surface area (Å²) in [6.07, 6.45) is -0.160. The number of amides is 1. The highest BCUT2D eigenvalue weighted by atomic mass is 19.1. The molecule has 1 fully saturated rings. The number of carbonyl (C=O) groups excluding carboxylic acids is 1. The number of ether oxygens (including phenoxy) is 1. The molecule has 0 spiro atoms. The minimum absolute atomic E-state index is 0.0186. The molecule has 2 atom stereocenters. The zero-order valence-electron chi connectivity index (χ0n) is 14.6. The minimum atomic E-state index is -1.09. The third kappa shape index (κ3) is 3.31. The van der Waals surface area contributed by atoms with Crippen LogP contribution in [0, 0.1) is 0 Å². The maximum Gasteiger partial charge on any atom is 0.407 e. The van der Waals surface area contributed by atoms with Gasteiger partial charge in [-0.15, -0.1) is 0 Å². The fourth-order valence-corrected chi connectivity index (χ4v) is 3.96. The van der Waals surface area contributed by atoms with Gasteiger partial charge >= 0.3 is 6.09 Å². The monoisotopic (exact) mass is 354 g/mol. The lowest BCUT2D eigenvalue weighted by Crippen LogP contribution is -2.44. The van der Waals surface area contributed by atoms with E-state index in [1.54, 1.807) is 0 Å². The number of hydrogen-bond acceptors (Lipinski definition) is 3. The minimum Gasteiger partial charge on any atom is -0.449 e. The van der Waals surface area contributed by atoms with Crippen molar-refractivity contribution in [1.82, 2.24) is 10.6 Å². The Hall–Kier alpha value is -2.40. The largest absolute Gasteiger partial charge is 0.449 e. The molecule has 0 bridgehead atoms. The third-order valence-electron chi connectivity index (χ3n) is 5.29. The topological polar surface area (TPSA) is 50.4 Å². The average Bonchev–Trinajstić information content (AvgIpc) is 2.84. The van der Waals surface area contributed by atoms with Crippen LogP contribution in [-0.4, -0.2) is 38.0 Å². The highest BCUT2D eigenvalue weighted by Crippen LogP contribution is 2.44. The molecular formula is C21H23FN2O2. The van der Waals surface area contributed by atoms with Gasteiger partial charge in [0.15, 0.2) is 0 Å². The van der Waals surface area contributed by atoms with Gasteiger partial charge in [0.1, 0.15) is 12.8 Å². The summed E-state index contributed by atoms with van der Waals surface area (Å²) in [6.45, 7) is 1.30. The molecule has 2 aromatic carbocycles. The maximum atomic E-state index is 14.1. The number of benzene rings is 2. The van der Waals surface area contributed by atoms with E-state index in [1.165, 1.54) is 22.3 Å². The van der Waals surface area contributed by atoms with E-state index in [9.17, 15) is 9.18 Å². The lowest BCUT2D eigenvalue weighted by atomic mass is 9.98. The molecule has 1 aliphatic heterocycles. The fraction of sp³-hybridized carbons (Fsp3) is 0.381. The first-order valence-electron chi connectivity index (χ1n) is 9.20. The van der Waals surface area contributed by atoms with Crippen LogP contribution >= 0.6 is 0 Å². The van der Waals surface area contributed by atoms with Crippen LogP contribution in [0.15, 0.2) is 48.5 Å². The van der Waals surface area contributed by atoms with Crippen molar-refractivity contribution in [2.45, 2.75) is 31.0 Å². The van der Waals surface area contributed by atoms with Crippen LogP contribution in [0.5, 0.6) is 0 Å². The molecule has 26 heavy (non-hydrogen) atoms. The highest BCUT2D eigenvalue weighted by molar-refractivity contribution is 5.79. The number of rotatable bonds is 3. The Bertz CT molecular complexity index is 750. The van der Waals surface area contributed by atoms with Crippen molar-refractivity contribution in [2.24, 2.45) is 0 Å². The van der Waals surface area contributed by atoms with E-state index in [0.717, 1.165) is 13.0 Å². The number of alkyl carbamates (subject to hydrolysis) is 1. The van der Waals surface area contributed by atoms with E-state index in [0.29, 0.717) is 6.42 Å². The summed E-state index contributed by atoms with van der Waals surface area (Å²) in [5, 5.41) is 5.74. The van der Waals surface area contributed by atoms with Crippen molar-refractivity contribution >= 4 is 6.09 Å². The van der Waals surface area contributed by atoms with Gasteiger partial charge in [0, 0.05) is 12.5 Å². The van der Waals surface area contributed by atoms with Crippen LogP contribution < -0.4 is 10.6 Å². The quantitative estimate of drug-likeness (QED) is 0.885. The van der Waals surface area contributed by atoms with Crippen LogP contribution in [0.25, 0.3) is 11.1 Å². The maximum absolute atomic E-state index is 14.1. The van der Waals surface area contributed by atoms with Gasteiger partial charge in [0.2, 0.25) is 0 Å². The van der Waals surface area contributed by atoms with Crippen LogP contribution in [0.1, 0.15) is 29.9 Å². The van der Waals surface area contributed by atoms with Crippen molar-refractivity contribution in [3.63, 3.8) is 0 Å². The van der Waals surface area contributed by atoms with E-state index in [2.05, 4.69) is 34.9 Å². The zero-order chi connectivity index (χ0) is 17.9. The van der Waals surface area contributed by atoms with E-state index in [-0.39, 0.29) is 19.1 Å². The van der Waals surface area contributed by atoms with Gasteiger partial charge in [0.25, 0.3) is 0 Å². The molecule has 2 aliphatic rings. The van der Waals surface area contributed by atoms with Crippen molar-refractivity contribution in [3.05, 3.63) is 59.7 Å². The molecule has 0 radical (unpaired) electrons. The van der Waals surface area contributed by atoms with Crippen molar-refractivity contribution < 1.29 is 13.9 Å². The molecule has 5 heteroatoms. The molecule has 136 valence electrons. The van der Waals surface area contributed by atoms with E-state index in [4.69, 9.17) is 4.74 Å². The van der Waals surface area contributed by atoms with Gasteiger partial charge < -0.3 is 15.4 Å². The second kappa shape index (κ2) is 7.46. The Kier molecular flexibility index (Phi) is 4.89. The van der Waals surface area contributed by atoms with Gasteiger partial charge in [-0.25, -0.2) is 9.18 Å². The van der Waals surface area contributed by atoms with Crippen LogP contribution in [-0.2, 0) is 4.74 Å². The predicted octanol–water partition coefficient (Wildman–Crippen LogP) is 3.62. The third-order valence-corrected chi connectivity index (χ3v) is 5.29. The average molecular weight is 354 g/mol. The molecule has 2 unspecified atom stereocenters. The Morgan fingerprint density at radius 2 is 1.77 bits per heavy atom. The van der Waals surface area contributed by atoms with Crippen molar-refractivity contribution in [1.29, 1.82) is 0 Å². The Morgan fingerprint density at radius 1 is 1.12 bits per heavy atom. The molecule has 4 nitrogen and oxygen atoms in total. The molecule has 1 amide bonds. The van der Waals surface area contributed by atoms with Gasteiger partial charge in [-0.1, -0.05) is 48.5 Å². The number of carbonyl (C=O) groups is 1. The molecule has 2 aromatic rings. The standard InChI is InChI=1S/C21H23FN2O2/c22-19-12-23-11-5-10-20(19)24-21(25)26-13-18-16-8-3-1-6-14(16)15-7-2-4-9-17(15)18/h1-4,6-9,18-20,23H,5,10-13H2,(H,24,25). The molecule has 0 aromatic heterocycles. The number of nitrogens with one attached hydrogen (secondary N) is 2. The molecule has 2 N–H and O–H groups in total. The fourth-order valence-electron chi connectivity index (χ4n) is 3.96. The number of halogens is 1. The van der Waals surface area contributed by atoms with Gasteiger partial charge in [-0.3, -0.25) is 0 Å². The Labute approximate surface area is 152 Å². The summed E-state index contributed by atoms with van der Waals surface area (Å²) in [4.78, 5) is 12.2. The van der Waals surface area contributed by atoms with Crippen LogP contribution in [0.2, 0.25) is 0 Å². The zero-order valence-corrected chi connectivity index (χ0v) is 14.6. The van der Waals surface area contributed by atoms with Crippen molar-refractivity contribution in [3.8, 4) is 11.1 Å². The Balaban J connectivity index is 1.44. The second-order valence-corrected chi connectivity index (χ2v) is 6.94. The summed E-state index contributed by atoms with van der Waals surface area (Å²) in [6, 6.07) is 15.9. The van der Waals surface area contributed by atoms with Gasteiger partial charge in [-0.05, 0) is 41.6 Å².